The molecule has 2 rings (SSSR count). The molecule has 1 N–H and O–H groups in total. The molecule has 6 nitrogen and oxygen atoms in total. The van der Waals surface area contributed by atoms with Crippen molar-refractivity contribution in [3.05, 3.63) is 47.8 Å². The lowest BCUT2D eigenvalue weighted by Gasteiger charge is -2.35. The number of benzene rings is 1. The number of amides is 2. The molecule has 0 aliphatic heterocycles. The van der Waals surface area contributed by atoms with E-state index >= 15 is 0 Å². The summed E-state index contributed by atoms with van der Waals surface area (Å²) in [5.74, 6) is -0.797. The summed E-state index contributed by atoms with van der Waals surface area (Å²) in [6.07, 6.45) is 2.62. The molecular formula is C21H29FN2O4. The Morgan fingerprint density at radius 2 is 1.68 bits per heavy atom. The number of nitrogens with zero attached hydrogens (tertiary/aromatic N) is 1. The predicted octanol–water partition coefficient (Wildman–Crippen LogP) is 4.91. The highest BCUT2D eigenvalue weighted by atomic mass is 19.1. The first-order valence-corrected chi connectivity index (χ1v) is 9.30. The van der Waals surface area contributed by atoms with Crippen molar-refractivity contribution in [2.45, 2.75) is 71.1 Å². The highest BCUT2D eigenvalue weighted by molar-refractivity contribution is 5.75. The minimum absolute atomic E-state index is 0.370. The van der Waals surface area contributed by atoms with E-state index in [9.17, 15) is 14.0 Å². The predicted molar refractivity (Wildman–Crippen MR) is 104 cm³/mol. The van der Waals surface area contributed by atoms with Crippen molar-refractivity contribution in [2.75, 3.05) is 0 Å². The molecule has 1 aromatic carbocycles. The highest BCUT2D eigenvalue weighted by Gasteiger charge is 2.38. The number of hydrogen-bond acceptors (Lipinski definition) is 4. The van der Waals surface area contributed by atoms with E-state index in [-0.39, 0.29) is 5.82 Å². The number of carbonyl (C=O) groups is 2. The van der Waals surface area contributed by atoms with Gasteiger partial charge in [0.1, 0.15) is 17.0 Å². The first-order chi connectivity index (χ1) is 12.9. The minimum atomic E-state index is -0.780. The van der Waals surface area contributed by atoms with Crippen molar-refractivity contribution in [1.29, 1.82) is 0 Å². The Kier molecular flexibility index (Phi) is 6.37. The van der Waals surface area contributed by atoms with E-state index in [1.807, 2.05) is 12.2 Å². The summed E-state index contributed by atoms with van der Waals surface area (Å²) >= 11 is 0. The number of hydrogen-bond donors (Lipinski definition) is 1. The summed E-state index contributed by atoms with van der Waals surface area (Å²) in [5.41, 5.74) is 1.44. The fraction of sp³-hybridized carbons (Fsp3) is 0.524. The van der Waals surface area contributed by atoms with E-state index in [1.165, 1.54) is 6.07 Å². The second-order valence-electron chi connectivity index (χ2n) is 8.74. The van der Waals surface area contributed by atoms with Gasteiger partial charge in [0.2, 0.25) is 0 Å². The zero-order chi connectivity index (χ0) is 21.1. The summed E-state index contributed by atoms with van der Waals surface area (Å²) in [7, 11) is 0. The summed E-state index contributed by atoms with van der Waals surface area (Å²) in [6.45, 7) is 10.4. The Labute approximate surface area is 165 Å². The largest absolute Gasteiger partial charge is 0.443 e. The first-order valence-electron chi connectivity index (χ1n) is 9.30. The van der Waals surface area contributed by atoms with Gasteiger partial charge in [-0.3, -0.25) is 0 Å². The van der Waals surface area contributed by atoms with Gasteiger partial charge in [-0.2, -0.15) is 0 Å². The van der Waals surface area contributed by atoms with Crippen LogP contribution in [0.15, 0.2) is 36.4 Å². The molecule has 0 spiro atoms. The van der Waals surface area contributed by atoms with E-state index < -0.39 is 35.3 Å². The molecule has 0 saturated heterocycles. The zero-order valence-corrected chi connectivity index (χ0v) is 17.3. The van der Waals surface area contributed by atoms with Gasteiger partial charge < -0.3 is 9.47 Å². The molecule has 2 atom stereocenters. The van der Waals surface area contributed by atoms with Crippen LogP contribution in [0.25, 0.3) is 0 Å². The van der Waals surface area contributed by atoms with E-state index in [1.54, 1.807) is 59.7 Å². The summed E-state index contributed by atoms with van der Waals surface area (Å²) in [4.78, 5) is 25.1. The zero-order valence-electron chi connectivity index (χ0n) is 17.3. The Bertz CT molecular complexity index is 750. The van der Waals surface area contributed by atoms with Gasteiger partial charge in [-0.15, -0.1) is 0 Å². The SMILES string of the molecule is CC(C)(C)OC(=O)NN(C(=O)OC(C)(C)C)[C@@H]1CC=C[C@H]1c1ccccc1F. The van der Waals surface area contributed by atoms with Crippen molar-refractivity contribution >= 4 is 12.2 Å². The second kappa shape index (κ2) is 8.20. The Morgan fingerprint density at radius 3 is 2.25 bits per heavy atom. The van der Waals surface area contributed by atoms with E-state index in [4.69, 9.17) is 9.47 Å². The van der Waals surface area contributed by atoms with Crippen LogP contribution in [0.2, 0.25) is 0 Å². The lowest BCUT2D eigenvalue weighted by molar-refractivity contribution is -0.0101. The van der Waals surface area contributed by atoms with Gasteiger partial charge in [-0.05, 0) is 59.6 Å². The topological polar surface area (TPSA) is 67.9 Å². The quantitative estimate of drug-likeness (QED) is 0.573. The maximum absolute atomic E-state index is 14.4. The maximum atomic E-state index is 14.4. The third kappa shape index (κ3) is 5.97. The number of ether oxygens (including phenoxy) is 2. The van der Waals surface area contributed by atoms with Crippen molar-refractivity contribution in [3.63, 3.8) is 0 Å². The van der Waals surface area contributed by atoms with Crippen LogP contribution in [0, 0.1) is 5.82 Å². The third-order valence-electron chi connectivity index (χ3n) is 3.93. The standard InChI is InChI=1S/C21H29FN2O4/c1-20(2,3)27-18(25)23-24(19(26)28-21(4,5)6)17-13-9-11-15(17)14-10-7-8-12-16(14)22/h7-12,15,17H,13H2,1-6H3,(H,23,25)/t15-,17+/m0/s1. The van der Waals surface area contributed by atoms with E-state index in [2.05, 4.69) is 5.43 Å². The molecule has 28 heavy (non-hydrogen) atoms. The van der Waals surface area contributed by atoms with Gasteiger partial charge in [0.25, 0.3) is 0 Å². The van der Waals surface area contributed by atoms with E-state index in [0.29, 0.717) is 12.0 Å². The molecule has 0 aromatic heterocycles. The molecule has 1 aliphatic carbocycles. The molecule has 0 fully saturated rings. The van der Waals surface area contributed by atoms with Crippen LogP contribution >= 0.6 is 0 Å². The second-order valence-corrected chi connectivity index (χ2v) is 8.74. The first kappa shape index (κ1) is 21.7. The van der Waals surface area contributed by atoms with Crippen LogP contribution in [-0.4, -0.2) is 34.4 Å². The summed E-state index contributed by atoms with van der Waals surface area (Å²) < 4.78 is 25.1. The van der Waals surface area contributed by atoms with Crippen molar-refractivity contribution < 1.29 is 23.5 Å². The van der Waals surface area contributed by atoms with Crippen molar-refractivity contribution in [2.24, 2.45) is 0 Å². The summed E-state index contributed by atoms with van der Waals surface area (Å²) in [6, 6.07) is 5.85. The smallest absolute Gasteiger partial charge is 0.429 e. The molecule has 0 unspecified atom stereocenters. The molecule has 154 valence electrons. The molecular weight excluding hydrogens is 363 g/mol. The molecule has 7 heteroatoms. The van der Waals surface area contributed by atoms with Crippen LogP contribution in [-0.2, 0) is 9.47 Å². The van der Waals surface area contributed by atoms with Crippen LogP contribution in [0.4, 0.5) is 14.0 Å². The number of rotatable bonds is 2. The number of nitrogens with one attached hydrogen (secondary N) is 1. The van der Waals surface area contributed by atoms with Crippen LogP contribution in [0.3, 0.4) is 0 Å². The Balaban J connectivity index is 2.30. The lowest BCUT2D eigenvalue weighted by atomic mass is 9.93. The normalized spacial score (nSPS) is 19.2. The lowest BCUT2D eigenvalue weighted by Crippen LogP contribution is -2.55. The average molecular weight is 392 g/mol. The summed E-state index contributed by atoms with van der Waals surface area (Å²) in [5, 5.41) is 1.11. The Hall–Kier alpha value is -2.57. The van der Waals surface area contributed by atoms with Gasteiger partial charge in [0, 0.05) is 5.92 Å². The number of carbonyl (C=O) groups excluding carboxylic acids is 2. The van der Waals surface area contributed by atoms with E-state index in [0.717, 1.165) is 5.01 Å². The van der Waals surface area contributed by atoms with Gasteiger partial charge in [0.05, 0.1) is 6.04 Å². The minimum Gasteiger partial charge on any atom is -0.443 e. The van der Waals surface area contributed by atoms with Gasteiger partial charge in [-0.1, -0.05) is 30.4 Å². The monoisotopic (exact) mass is 392 g/mol. The molecule has 0 heterocycles. The fourth-order valence-corrected chi connectivity index (χ4v) is 2.94. The number of hydrazine groups is 1. The molecule has 2 amide bonds. The van der Waals surface area contributed by atoms with Crippen LogP contribution in [0.1, 0.15) is 59.4 Å². The molecule has 0 radical (unpaired) electrons. The van der Waals surface area contributed by atoms with Gasteiger partial charge >= 0.3 is 12.2 Å². The van der Waals surface area contributed by atoms with Gasteiger partial charge in [0.15, 0.2) is 0 Å². The Morgan fingerprint density at radius 1 is 1.07 bits per heavy atom. The highest BCUT2D eigenvalue weighted by Crippen LogP contribution is 2.34. The molecule has 1 aromatic rings. The third-order valence-corrected chi connectivity index (χ3v) is 3.93. The molecule has 0 saturated carbocycles. The number of halogens is 1. The maximum Gasteiger partial charge on any atom is 0.429 e. The average Bonchev–Trinajstić information content (AvgIpc) is 2.98. The van der Waals surface area contributed by atoms with Crippen molar-refractivity contribution in [1.82, 2.24) is 10.4 Å². The van der Waals surface area contributed by atoms with Crippen molar-refractivity contribution in [3.8, 4) is 0 Å². The van der Waals surface area contributed by atoms with Gasteiger partial charge in [-0.25, -0.2) is 24.4 Å². The fourth-order valence-electron chi connectivity index (χ4n) is 2.94. The molecule has 1 aliphatic rings. The van der Waals surface area contributed by atoms with Crippen LogP contribution < -0.4 is 5.43 Å². The molecule has 0 bridgehead atoms. The van der Waals surface area contributed by atoms with Crippen LogP contribution in [0.5, 0.6) is 0 Å².